The van der Waals surface area contributed by atoms with Crippen LogP contribution in [0.5, 0.6) is 5.75 Å². The molecule has 22 heavy (non-hydrogen) atoms. The second kappa shape index (κ2) is 6.24. The number of benzene rings is 1. The number of rotatable bonds is 5. The second-order valence-electron chi connectivity index (χ2n) is 6.51. The Bertz CT molecular complexity index is 557. The quantitative estimate of drug-likeness (QED) is 0.875. The molecule has 3 rings (SSSR count). The van der Waals surface area contributed by atoms with Gasteiger partial charge in [0.25, 0.3) is 0 Å². The van der Waals surface area contributed by atoms with E-state index in [0.717, 1.165) is 31.2 Å². The van der Waals surface area contributed by atoms with Crippen LogP contribution in [0.1, 0.15) is 31.2 Å². The van der Waals surface area contributed by atoms with E-state index in [4.69, 9.17) is 9.84 Å². The van der Waals surface area contributed by atoms with Crippen LogP contribution in [-0.2, 0) is 11.2 Å². The molecule has 1 aromatic carbocycles. The molecule has 1 aliphatic heterocycles. The molecule has 1 heterocycles. The molecule has 4 nitrogen and oxygen atoms in total. The van der Waals surface area contributed by atoms with E-state index in [0.29, 0.717) is 25.3 Å². The van der Waals surface area contributed by atoms with Crippen LogP contribution in [0.15, 0.2) is 18.2 Å². The van der Waals surface area contributed by atoms with Crippen LogP contribution in [0.4, 0.5) is 4.39 Å². The van der Waals surface area contributed by atoms with Gasteiger partial charge in [-0.25, -0.2) is 4.39 Å². The van der Waals surface area contributed by atoms with Gasteiger partial charge >= 0.3 is 0 Å². The van der Waals surface area contributed by atoms with Crippen molar-refractivity contribution in [3.8, 4) is 5.75 Å². The van der Waals surface area contributed by atoms with Crippen molar-refractivity contribution in [1.82, 2.24) is 5.32 Å². The predicted octanol–water partition coefficient (Wildman–Crippen LogP) is 2.05. The van der Waals surface area contributed by atoms with Gasteiger partial charge in [-0.1, -0.05) is 6.42 Å². The molecular formula is C17H22FNO3. The molecule has 1 atom stereocenters. The molecule has 2 aliphatic rings. The van der Waals surface area contributed by atoms with Crippen LogP contribution in [0.2, 0.25) is 0 Å². The molecule has 2 N–H and O–H groups in total. The lowest BCUT2D eigenvalue weighted by molar-refractivity contribution is -0.127. The first-order valence-electron chi connectivity index (χ1n) is 7.92. The number of aliphatic hydroxyl groups is 1. The fourth-order valence-corrected chi connectivity index (χ4v) is 3.38. The number of ether oxygens (including phenoxy) is 1. The Hall–Kier alpha value is -1.62. The SMILES string of the molecule is O=C(NCC1(CCO)CCC1)C1COc2ccc(F)cc2C1. The normalized spacial score (nSPS) is 22.2. The van der Waals surface area contributed by atoms with Crippen molar-refractivity contribution in [2.24, 2.45) is 11.3 Å². The minimum Gasteiger partial charge on any atom is -0.492 e. The maximum absolute atomic E-state index is 13.3. The maximum Gasteiger partial charge on any atom is 0.226 e. The van der Waals surface area contributed by atoms with Crippen LogP contribution in [-0.4, -0.2) is 30.8 Å². The largest absolute Gasteiger partial charge is 0.492 e. The van der Waals surface area contributed by atoms with Crippen molar-refractivity contribution in [2.75, 3.05) is 19.8 Å². The van der Waals surface area contributed by atoms with E-state index in [1.54, 1.807) is 6.07 Å². The van der Waals surface area contributed by atoms with E-state index < -0.39 is 0 Å². The number of nitrogens with one attached hydrogen (secondary N) is 1. The number of carbonyl (C=O) groups is 1. The molecule has 1 aromatic rings. The third-order valence-electron chi connectivity index (χ3n) is 4.99. The molecule has 1 fully saturated rings. The molecule has 0 aromatic heterocycles. The highest BCUT2D eigenvalue weighted by atomic mass is 19.1. The second-order valence-corrected chi connectivity index (χ2v) is 6.51. The Morgan fingerprint density at radius 2 is 2.27 bits per heavy atom. The maximum atomic E-state index is 13.3. The Kier molecular flexibility index (Phi) is 4.34. The third kappa shape index (κ3) is 3.09. The highest BCUT2D eigenvalue weighted by Gasteiger charge is 2.37. The summed E-state index contributed by atoms with van der Waals surface area (Å²) in [6.45, 7) is 1.10. The van der Waals surface area contributed by atoms with E-state index in [9.17, 15) is 9.18 Å². The number of fused-ring (bicyclic) bond motifs is 1. The van der Waals surface area contributed by atoms with Crippen molar-refractivity contribution in [1.29, 1.82) is 0 Å². The van der Waals surface area contributed by atoms with Gasteiger partial charge in [-0.3, -0.25) is 4.79 Å². The minimum atomic E-state index is -0.306. The standard InChI is InChI=1S/C17H22FNO3/c18-14-2-3-15-12(9-14)8-13(10-22-15)16(21)19-11-17(6-7-20)4-1-5-17/h2-3,9,13,20H,1,4-8,10-11H2,(H,19,21). The van der Waals surface area contributed by atoms with Crippen molar-refractivity contribution >= 4 is 5.91 Å². The molecule has 0 radical (unpaired) electrons. The lowest BCUT2D eigenvalue weighted by Crippen LogP contribution is -2.46. The molecule has 0 spiro atoms. The molecular weight excluding hydrogens is 285 g/mol. The van der Waals surface area contributed by atoms with E-state index >= 15 is 0 Å². The van der Waals surface area contributed by atoms with E-state index in [1.165, 1.54) is 12.1 Å². The Labute approximate surface area is 129 Å². The summed E-state index contributed by atoms with van der Waals surface area (Å²) in [6, 6.07) is 4.42. The summed E-state index contributed by atoms with van der Waals surface area (Å²) in [5.41, 5.74) is 0.823. The molecule has 0 saturated heterocycles. The van der Waals surface area contributed by atoms with Gasteiger partial charge in [0.2, 0.25) is 5.91 Å². The summed E-state index contributed by atoms with van der Waals surface area (Å²) in [7, 11) is 0. The van der Waals surface area contributed by atoms with Crippen molar-refractivity contribution < 1.29 is 19.0 Å². The number of carbonyl (C=O) groups excluding carboxylic acids is 1. The molecule has 1 saturated carbocycles. The predicted molar refractivity (Wildman–Crippen MR) is 80.1 cm³/mol. The van der Waals surface area contributed by atoms with Crippen LogP contribution < -0.4 is 10.1 Å². The van der Waals surface area contributed by atoms with Crippen molar-refractivity contribution in [3.05, 3.63) is 29.6 Å². The zero-order chi connectivity index (χ0) is 15.6. The summed E-state index contributed by atoms with van der Waals surface area (Å²) in [6.07, 6.45) is 4.52. The highest BCUT2D eigenvalue weighted by Crippen LogP contribution is 2.43. The number of aliphatic hydroxyl groups excluding tert-OH is 1. The van der Waals surface area contributed by atoms with E-state index in [1.807, 2.05) is 0 Å². The van der Waals surface area contributed by atoms with Crippen LogP contribution in [0, 0.1) is 17.2 Å². The molecule has 120 valence electrons. The Balaban J connectivity index is 1.57. The van der Waals surface area contributed by atoms with Gasteiger partial charge < -0.3 is 15.2 Å². The zero-order valence-electron chi connectivity index (χ0n) is 12.6. The Morgan fingerprint density at radius 1 is 1.45 bits per heavy atom. The van der Waals surface area contributed by atoms with Gasteiger partial charge in [0.15, 0.2) is 0 Å². The summed E-state index contributed by atoms with van der Waals surface area (Å²) < 4.78 is 18.8. The van der Waals surface area contributed by atoms with Gasteiger partial charge in [0.1, 0.15) is 18.2 Å². The first-order chi connectivity index (χ1) is 10.6. The summed E-state index contributed by atoms with van der Waals surface area (Å²) in [4.78, 5) is 12.3. The van der Waals surface area contributed by atoms with E-state index in [-0.39, 0.29) is 29.7 Å². The van der Waals surface area contributed by atoms with Crippen molar-refractivity contribution in [3.63, 3.8) is 0 Å². The first-order valence-corrected chi connectivity index (χ1v) is 7.92. The van der Waals surface area contributed by atoms with E-state index in [2.05, 4.69) is 5.32 Å². The lowest BCUT2D eigenvalue weighted by atomic mass is 9.66. The molecule has 0 bridgehead atoms. The summed E-state index contributed by atoms with van der Waals surface area (Å²) in [5.74, 6) is 0.0423. The van der Waals surface area contributed by atoms with Crippen LogP contribution in [0.25, 0.3) is 0 Å². The molecule has 5 heteroatoms. The number of halogens is 1. The van der Waals surface area contributed by atoms with Crippen molar-refractivity contribution in [2.45, 2.75) is 32.1 Å². The molecule has 1 unspecified atom stereocenters. The third-order valence-corrected chi connectivity index (χ3v) is 4.99. The average molecular weight is 307 g/mol. The minimum absolute atomic E-state index is 0.0425. The van der Waals surface area contributed by atoms with Gasteiger partial charge in [0.05, 0.1) is 5.92 Å². The van der Waals surface area contributed by atoms with Crippen LogP contribution in [0.3, 0.4) is 0 Å². The molecule has 1 aliphatic carbocycles. The molecule has 1 amide bonds. The van der Waals surface area contributed by atoms with Crippen LogP contribution >= 0.6 is 0 Å². The Morgan fingerprint density at radius 3 is 2.95 bits per heavy atom. The average Bonchev–Trinajstić information content (AvgIpc) is 2.48. The fourth-order valence-electron chi connectivity index (χ4n) is 3.38. The van der Waals surface area contributed by atoms with Gasteiger partial charge in [-0.15, -0.1) is 0 Å². The summed E-state index contributed by atoms with van der Waals surface area (Å²) in [5, 5.41) is 12.1. The monoisotopic (exact) mass is 307 g/mol. The zero-order valence-corrected chi connectivity index (χ0v) is 12.6. The fraction of sp³-hybridized carbons (Fsp3) is 0.588. The first kappa shape index (κ1) is 15.3. The summed E-state index contributed by atoms with van der Waals surface area (Å²) >= 11 is 0. The van der Waals surface area contributed by atoms with Gasteiger partial charge in [0, 0.05) is 13.2 Å². The lowest BCUT2D eigenvalue weighted by Gasteiger charge is -2.42. The number of hydrogen-bond acceptors (Lipinski definition) is 3. The topological polar surface area (TPSA) is 58.6 Å². The number of amides is 1. The smallest absolute Gasteiger partial charge is 0.226 e. The highest BCUT2D eigenvalue weighted by molar-refractivity contribution is 5.79. The van der Waals surface area contributed by atoms with Gasteiger partial charge in [-0.2, -0.15) is 0 Å². The number of hydrogen-bond donors (Lipinski definition) is 2. The van der Waals surface area contributed by atoms with Gasteiger partial charge in [-0.05, 0) is 54.9 Å².